The fourth-order valence-corrected chi connectivity index (χ4v) is 1.73. The summed E-state index contributed by atoms with van der Waals surface area (Å²) < 4.78 is 20.8. The number of hydrogen-bond acceptors (Lipinski definition) is 5. The lowest BCUT2D eigenvalue weighted by molar-refractivity contribution is 0.0497. The average Bonchev–Trinajstić information content (AvgIpc) is 2.49. The van der Waals surface area contributed by atoms with Crippen LogP contribution in [-0.4, -0.2) is 33.9 Å². The van der Waals surface area contributed by atoms with Crippen LogP contribution in [0.5, 0.6) is 17.2 Å². The number of ether oxygens (including phenoxy) is 4. The molecule has 0 aliphatic rings. The Morgan fingerprint density at radius 2 is 1.65 bits per heavy atom. The molecule has 5 nitrogen and oxygen atoms in total. The lowest BCUT2D eigenvalue weighted by Gasteiger charge is -2.13. The van der Waals surface area contributed by atoms with E-state index in [4.69, 9.17) is 18.9 Å². The molecule has 0 heterocycles. The number of benzene rings is 1. The molecular weight excluding hydrogens is 260 g/mol. The summed E-state index contributed by atoms with van der Waals surface area (Å²) in [5.41, 5.74) is 0.370. The molecule has 0 fully saturated rings. The summed E-state index contributed by atoms with van der Waals surface area (Å²) in [6.45, 7) is 4.12. The third-order valence-corrected chi connectivity index (χ3v) is 2.78. The number of hydrogen-bond donors (Lipinski definition) is 0. The van der Waals surface area contributed by atoms with E-state index in [1.54, 1.807) is 12.1 Å². The molecule has 1 rings (SSSR count). The maximum Gasteiger partial charge on any atom is 0.338 e. The number of carbonyl (C=O) groups is 1. The highest BCUT2D eigenvalue weighted by Crippen LogP contribution is 2.38. The minimum Gasteiger partial charge on any atom is -0.493 e. The topological polar surface area (TPSA) is 54.0 Å². The largest absolute Gasteiger partial charge is 0.493 e. The van der Waals surface area contributed by atoms with E-state index >= 15 is 0 Å². The van der Waals surface area contributed by atoms with Gasteiger partial charge in [0.15, 0.2) is 11.5 Å². The summed E-state index contributed by atoms with van der Waals surface area (Å²) in [6.07, 6.45) is 2.57. The number of unbranched alkanes of at least 4 members (excludes halogenated alkanes) is 2. The Balaban J connectivity index is 2.86. The van der Waals surface area contributed by atoms with Gasteiger partial charge in [-0.3, -0.25) is 0 Å². The van der Waals surface area contributed by atoms with Gasteiger partial charge in [-0.15, -0.1) is 0 Å². The molecule has 0 N–H and O–H groups in total. The van der Waals surface area contributed by atoms with Gasteiger partial charge < -0.3 is 18.9 Å². The summed E-state index contributed by atoms with van der Waals surface area (Å²) in [5.74, 6) is 0.894. The van der Waals surface area contributed by atoms with Crippen LogP contribution in [0.3, 0.4) is 0 Å². The first-order valence-electron chi connectivity index (χ1n) is 6.44. The molecule has 0 amide bonds. The molecule has 0 bridgehead atoms. The lowest BCUT2D eigenvalue weighted by Crippen LogP contribution is -2.08. The third-order valence-electron chi connectivity index (χ3n) is 2.78. The van der Waals surface area contributed by atoms with Gasteiger partial charge in [-0.1, -0.05) is 19.8 Å². The molecule has 111 valence electrons. The van der Waals surface area contributed by atoms with Crippen molar-refractivity contribution in [2.24, 2.45) is 0 Å². The van der Waals surface area contributed by atoms with E-state index in [9.17, 15) is 4.79 Å². The molecule has 1 radical (unpaired) electrons. The highest BCUT2D eigenvalue weighted by atomic mass is 16.5. The maximum absolute atomic E-state index is 12.0. The Kier molecular flexibility index (Phi) is 6.70. The van der Waals surface area contributed by atoms with Gasteiger partial charge >= 0.3 is 5.97 Å². The number of methoxy groups -OCH3 is 3. The first-order valence-corrected chi connectivity index (χ1v) is 6.44. The molecule has 5 heteroatoms. The van der Waals surface area contributed by atoms with Crippen LogP contribution in [0.2, 0.25) is 0 Å². The highest BCUT2D eigenvalue weighted by molar-refractivity contribution is 5.91. The first-order chi connectivity index (χ1) is 9.67. The van der Waals surface area contributed by atoms with Crippen molar-refractivity contribution < 1.29 is 23.7 Å². The fourth-order valence-electron chi connectivity index (χ4n) is 1.73. The van der Waals surface area contributed by atoms with Gasteiger partial charge in [-0.2, -0.15) is 0 Å². The van der Waals surface area contributed by atoms with Crippen molar-refractivity contribution in [1.82, 2.24) is 0 Å². The lowest BCUT2D eigenvalue weighted by atomic mass is 10.2. The van der Waals surface area contributed by atoms with Crippen LogP contribution < -0.4 is 14.2 Å². The van der Waals surface area contributed by atoms with Crippen molar-refractivity contribution in [1.29, 1.82) is 0 Å². The average molecular weight is 281 g/mol. The third kappa shape index (κ3) is 4.05. The molecular formula is C15H21O5. The summed E-state index contributed by atoms with van der Waals surface area (Å²) >= 11 is 0. The van der Waals surface area contributed by atoms with E-state index in [-0.39, 0.29) is 0 Å². The van der Waals surface area contributed by atoms with Crippen LogP contribution >= 0.6 is 0 Å². The van der Waals surface area contributed by atoms with Crippen LogP contribution in [0.1, 0.15) is 29.6 Å². The van der Waals surface area contributed by atoms with Crippen molar-refractivity contribution in [3.05, 3.63) is 24.6 Å². The van der Waals surface area contributed by atoms with Crippen LogP contribution in [0.15, 0.2) is 12.1 Å². The molecule has 0 saturated carbocycles. The molecule has 0 aliphatic carbocycles. The van der Waals surface area contributed by atoms with Crippen LogP contribution in [0.4, 0.5) is 0 Å². The molecule has 0 unspecified atom stereocenters. The van der Waals surface area contributed by atoms with Gasteiger partial charge in [0.25, 0.3) is 0 Å². The Bertz CT molecular complexity index is 417. The predicted molar refractivity (Wildman–Crippen MR) is 75.6 cm³/mol. The molecule has 1 aromatic rings. The normalized spacial score (nSPS) is 10.0. The van der Waals surface area contributed by atoms with Crippen LogP contribution in [0.25, 0.3) is 0 Å². The molecule has 0 atom stereocenters. The first kappa shape index (κ1) is 16.1. The summed E-state index contributed by atoms with van der Waals surface area (Å²) in [4.78, 5) is 12.0. The Morgan fingerprint density at radius 1 is 1.05 bits per heavy atom. The second kappa shape index (κ2) is 8.30. The minimum absolute atomic E-state index is 0.370. The van der Waals surface area contributed by atoms with Crippen molar-refractivity contribution in [3.63, 3.8) is 0 Å². The Labute approximate surface area is 119 Å². The van der Waals surface area contributed by atoms with Gasteiger partial charge in [0, 0.05) is 0 Å². The van der Waals surface area contributed by atoms with Gasteiger partial charge in [0.2, 0.25) is 5.75 Å². The monoisotopic (exact) mass is 281 g/mol. The molecule has 0 spiro atoms. The van der Waals surface area contributed by atoms with E-state index < -0.39 is 5.97 Å². The van der Waals surface area contributed by atoms with E-state index in [0.29, 0.717) is 29.4 Å². The summed E-state index contributed by atoms with van der Waals surface area (Å²) in [6, 6.07) is 3.15. The van der Waals surface area contributed by atoms with E-state index in [0.717, 1.165) is 19.3 Å². The SMILES string of the molecule is [CH2]CCCCOC(=O)c1cc(OC)c(OC)c(OC)c1. The summed E-state index contributed by atoms with van der Waals surface area (Å²) in [7, 11) is 4.51. The summed E-state index contributed by atoms with van der Waals surface area (Å²) in [5, 5.41) is 0. The molecule has 0 aromatic heterocycles. The zero-order valence-electron chi connectivity index (χ0n) is 12.2. The van der Waals surface area contributed by atoms with Crippen molar-refractivity contribution >= 4 is 5.97 Å². The molecule has 0 saturated heterocycles. The van der Waals surface area contributed by atoms with Crippen molar-refractivity contribution in [2.45, 2.75) is 19.3 Å². The zero-order chi connectivity index (χ0) is 15.0. The fraction of sp³-hybridized carbons (Fsp3) is 0.467. The maximum atomic E-state index is 12.0. The van der Waals surface area contributed by atoms with Gasteiger partial charge in [-0.25, -0.2) is 4.79 Å². The second-order valence-electron chi connectivity index (χ2n) is 4.11. The number of rotatable bonds is 8. The number of esters is 1. The van der Waals surface area contributed by atoms with Crippen LogP contribution in [0, 0.1) is 6.92 Å². The Morgan fingerprint density at radius 3 is 2.10 bits per heavy atom. The molecule has 20 heavy (non-hydrogen) atoms. The standard InChI is InChI=1S/C15H21O5/c1-5-6-7-8-20-15(16)11-9-12(17-2)14(19-4)13(10-11)18-3/h9-10H,1,5-8H2,2-4H3. The van der Waals surface area contributed by atoms with Gasteiger partial charge in [0.1, 0.15) is 0 Å². The predicted octanol–water partition coefficient (Wildman–Crippen LogP) is 2.87. The Hall–Kier alpha value is -1.91. The smallest absolute Gasteiger partial charge is 0.338 e. The quantitative estimate of drug-likeness (QED) is 0.541. The minimum atomic E-state index is -0.409. The van der Waals surface area contributed by atoms with E-state index in [1.165, 1.54) is 21.3 Å². The van der Waals surface area contributed by atoms with Gasteiger partial charge in [0.05, 0.1) is 33.5 Å². The van der Waals surface area contributed by atoms with Crippen LogP contribution in [-0.2, 0) is 4.74 Å². The second-order valence-corrected chi connectivity index (χ2v) is 4.11. The highest BCUT2D eigenvalue weighted by Gasteiger charge is 2.17. The number of carbonyl (C=O) groups excluding carboxylic acids is 1. The molecule has 0 aliphatic heterocycles. The zero-order valence-corrected chi connectivity index (χ0v) is 12.2. The van der Waals surface area contributed by atoms with Crippen molar-refractivity contribution in [2.75, 3.05) is 27.9 Å². The van der Waals surface area contributed by atoms with E-state index in [2.05, 4.69) is 6.92 Å². The van der Waals surface area contributed by atoms with Crippen molar-refractivity contribution in [3.8, 4) is 17.2 Å². The van der Waals surface area contributed by atoms with Gasteiger partial charge in [-0.05, 0) is 18.6 Å². The molecule has 1 aromatic carbocycles. The van der Waals surface area contributed by atoms with E-state index in [1.807, 2.05) is 0 Å².